The van der Waals surface area contributed by atoms with Gasteiger partial charge in [0.2, 0.25) is 0 Å². The Balaban J connectivity index is 2.56. The predicted molar refractivity (Wildman–Crippen MR) is 75.2 cm³/mol. The van der Waals surface area contributed by atoms with Gasteiger partial charge in [-0.25, -0.2) is 0 Å². The molecule has 90 valence electrons. The van der Waals surface area contributed by atoms with E-state index in [0.29, 0.717) is 6.04 Å². The van der Waals surface area contributed by atoms with Crippen molar-refractivity contribution in [3.8, 4) is 0 Å². The SMILES string of the molecule is CCC(CSC)NCc1cccc(C)c1C. The second-order valence-electron chi connectivity index (χ2n) is 4.30. The third kappa shape index (κ3) is 3.84. The average molecular weight is 237 g/mol. The van der Waals surface area contributed by atoms with Crippen LogP contribution in [0, 0.1) is 13.8 Å². The van der Waals surface area contributed by atoms with E-state index in [1.807, 2.05) is 11.8 Å². The molecule has 1 atom stereocenters. The van der Waals surface area contributed by atoms with E-state index in [1.165, 1.54) is 28.9 Å². The Hall–Kier alpha value is -0.470. The van der Waals surface area contributed by atoms with Crippen LogP contribution in [0.5, 0.6) is 0 Å². The fourth-order valence-electron chi connectivity index (χ4n) is 1.78. The van der Waals surface area contributed by atoms with Crippen LogP contribution in [0.1, 0.15) is 30.0 Å². The fraction of sp³-hybridized carbons (Fsp3) is 0.571. The van der Waals surface area contributed by atoms with Crippen molar-refractivity contribution in [1.29, 1.82) is 0 Å². The number of benzene rings is 1. The van der Waals surface area contributed by atoms with Gasteiger partial charge in [-0.2, -0.15) is 11.8 Å². The van der Waals surface area contributed by atoms with Crippen molar-refractivity contribution < 1.29 is 0 Å². The molecule has 1 rings (SSSR count). The minimum Gasteiger partial charge on any atom is -0.309 e. The molecule has 2 heteroatoms. The van der Waals surface area contributed by atoms with Crippen LogP contribution < -0.4 is 5.32 Å². The molecule has 0 aliphatic carbocycles. The molecule has 0 radical (unpaired) electrons. The highest BCUT2D eigenvalue weighted by molar-refractivity contribution is 7.98. The van der Waals surface area contributed by atoms with Crippen molar-refractivity contribution in [3.05, 3.63) is 34.9 Å². The van der Waals surface area contributed by atoms with Crippen LogP contribution in [0.3, 0.4) is 0 Å². The van der Waals surface area contributed by atoms with Crippen LogP contribution in [-0.4, -0.2) is 18.1 Å². The molecule has 0 aliphatic rings. The molecule has 0 saturated heterocycles. The first kappa shape index (κ1) is 13.6. The zero-order valence-electron chi connectivity index (χ0n) is 10.8. The smallest absolute Gasteiger partial charge is 0.0211 e. The molecule has 0 amide bonds. The van der Waals surface area contributed by atoms with Gasteiger partial charge >= 0.3 is 0 Å². The Bertz CT molecular complexity index is 323. The minimum absolute atomic E-state index is 0.634. The number of rotatable bonds is 6. The lowest BCUT2D eigenvalue weighted by Gasteiger charge is -2.17. The molecule has 1 aromatic rings. The topological polar surface area (TPSA) is 12.0 Å². The minimum atomic E-state index is 0.634. The van der Waals surface area contributed by atoms with E-state index < -0.39 is 0 Å². The van der Waals surface area contributed by atoms with Gasteiger partial charge in [0.1, 0.15) is 0 Å². The number of thioether (sulfide) groups is 1. The summed E-state index contributed by atoms with van der Waals surface area (Å²) in [5.41, 5.74) is 4.24. The van der Waals surface area contributed by atoms with Crippen LogP contribution >= 0.6 is 11.8 Å². The molecular weight excluding hydrogens is 214 g/mol. The maximum absolute atomic E-state index is 3.63. The molecule has 0 saturated carbocycles. The zero-order chi connectivity index (χ0) is 12.0. The molecule has 16 heavy (non-hydrogen) atoms. The summed E-state index contributed by atoms with van der Waals surface area (Å²) in [7, 11) is 0. The third-order valence-electron chi connectivity index (χ3n) is 3.16. The summed E-state index contributed by atoms with van der Waals surface area (Å²) in [4.78, 5) is 0. The molecule has 0 spiro atoms. The normalized spacial score (nSPS) is 12.8. The van der Waals surface area contributed by atoms with Crippen molar-refractivity contribution in [3.63, 3.8) is 0 Å². The highest BCUT2D eigenvalue weighted by Gasteiger charge is 2.06. The predicted octanol–water partition coefficient (Wildman–Crippen LogP) is 3.53. The summed E-state index contributed by atoms with van der Waals surface area (Å²) in [5.74, 6) is 1.20. The zero-order valence-corrected chi connectivity index (χ0v) is 11.7. The standard InChI is InChI=1S/C14H23NS/c1-5-14(10-16-4)15-9-13-8-6-7-11(2)12(13)3/h6-8,14-15H,5,9-10H2,1-4H3. The van der Waals surface area contributed by atoms with Crippen LogP contribution in [0.4, 0.5) is 0 Å². The summed E-state index contributed by atoms with van der Waals surface area (Å²) in [6.07, 6.45) is 3.37. The molecule has 1 nitrogen and oxygen atoms in total. The summed E-state index contributed by atoms with van der Waals surface area (Å²) in [6.45, 7) is 7.63. The summed E-state index contributed by atoms with van der Waals surface area (Å²) in [5, 5.41) is 3.63. The third-order valence-corrected chi connectivity index (χ3v) is 3.89. The van der Waals surface area contributed by atoms with Gasteiger partial charge in [-0.1, -0.05) is 25.1 Å². The Morgan fingerprint density at radius 1 is 1.31 bits per heavy atom. The first-order valence-corrected chi connectivity index (χ1v) is 7.35. The van der Waals surface area contributed by atoms with E-state index in [9.17, 15) is 0 Å². The highest BCUT2D eigenvalue weighted by Crippen LogP contribution is 2.13. The van der Waals surface area contributed by atoms with Gasteiger partial charge in [0.15, 0.2) is 0 Å². The van der Waals surface area contributed by atoms with E-state index in [-0.39, 0.29) is 0 Å². The molecule has 0 bridgehead atoms. The number of nitrogens with one attached hydrogen (secondary N) is 1. The van der Waals surface area contributed by atoms with E-state index in [0.717, 1.165) is 6.54 Å². The Kier molecular flexibility index (Phi) is 5.93. The molecule has 0 aromatic heterocycles. The van der Waals surface area contributed by atoms with Crippen molar-refractivity contribution in [2.24, 2.45) is 0 Å². The van der Waals surface area contributed by atoms with Crippen molar-refractivity contribution >= 4 is 11.8 Å². The molecular formula is C14H23NS. The number of aryl methyl sites for hydroxylation is 1. The first-order chi connectivity index (χ1) is 7.69. The first-order valence-electron chi connectivity index (χ1n) is 5.96. The second-order valence-corrected chi connectivity index (χ2v) is 5.21. The highest BCUT2D eigenvalue weighted by atomic mass is 32.2. The van der Waals surface area contributed by atoms with Gasteiger partial charge in [0.05, 0.1) is 0 Å². The van der Waals surface area contributed by atoms with E-state index in [2.05, 4.69) is 50.5 Å². The molecule has 1 unspecified atom stereocenters. The average Bonchev–Trinajstić information content (AvgIpc) is 2.29. The van der Waals surface area contributed by atoms with E-state index >= 15 is 0 Å². The molecule has 1 aromatic carbocycles. The molecule has 0 aliphatic heterocycles. The van der Waals surface area contributed by atoms with Crippen LogP contribution in [0.2, 0.25) is 0 Å². The van der Waals surface area contributed by atoms with Crippen LogP contribution in [0.15, 0.2) is 18.2 Å². The van der Waals surface area contributed by atoms with Gasteiger partial charge in [-0.15, -0.1) is 0 Å². The van der Waals surface area contributed by atoms with Crippen LogP contribution in [0.25, 0.3) is 0 Å². The Labute approximate surface area is 104 Å². The van der Waals surface area contributed by atoms with Crippen molar-refractivity contribution in [1.82, 2.24) is 5.32 Å². The van der Waals surface area contributed by atoms with Crippen LogP contribution in [-0.2, 0) is 6.54 Å². The summed E-state index contributed by atoms with van der Waals surface area (Å²) < 4.78 is 0. The lowest BCUT2D eigenvalue weighted by Crippen LogP contribution is -2.30. The van der Waals surface area contributed by atoms with E-state index in [1.54, 1.807) is 0 Å². The van der Waals surface area contributed by atoms with Gasteiger partial charge in [-0.05, 0) is 43.2 Å². The lowest BCUT2D eigenvalue weighted by atomic mass is 10.0. The molecule has 1 N–H and O–H groups in total. The summed E-state index contributed by atoms with van der Waals surface area (Å²) >= 11 is 1.91. The second kappa shape index (κ2) is 6.97. The van der Waals surface area contributed by atoms with Crippen molar-refractivity contribution in [2.45, 2.75) is 39.8 Å². The van der Waals surface area contributed by atoms with Gasteiger partial charge in [0, 0.05) is 18.3 Å². The monoisotopic (exact) mass is 237 g/mol. The lowest BCUT2D eigenvalue weighted by molar-refractivity contribution is 0.540. The van der Waals surface area contributed by atoms with E-state index in [4.69, 9.17) is 0 Å². The molecule has 0 fully saturated rings. The van der Waals surface area contributed by atoms with Crippen molar-refractivity contribution in [2.75, 3.05) is 12.0 Å². The molecule has 0 heterocycles. The Morgan fingerprint density at radius 2 is 2.06 bits per heavy atom. The number of hydrogen-bond acceptors (Lipinski definition) is 2. The maximum atomic E-state index is 3.63. The Morgan fingerprint density at radius 3 is 2.69 bits per heavy atom. The maximum Gasteiger partial charge on any atom is 0.0211 e. The van der Waals surface area contributed by atoms with Gasteiger partial charge in [-0.3, -0.25) is 0 Å². The summed E-state index contributed by atoms with van der Waals surface area (Å²) in [6, 6.07) is 7.18. The fourth-order valence-corrected chi connectivity index (χ4v) is 2.54. The largest absolute Gasteiger partial charge is 0.309 e. The van der Waals surface area contributed by atoms with Gasteiger partial charge in [0.25, 0.3) is 0 Å². The quantitative estimate of drug-likeness (QED) is 0.812. The van der Waals surface area contributed by atoms with Gasteiger partial charge < -0.3 is 5.32 Å². The number of hydrogen-bond donors (Lipinski definition) is 1.